The molecule has 0 bridgehead atoms. The summed E-state index contributed by atoms with van der Waals surface area (Å²) in [4.78, 5) is 60.3. The molecule has 4 amide bonds. The Balaban J connectivity index is 2.81. The lowest BCUT2D eigenvalue weighted by Gasteiger charge is -2.23. The summed E-state index contributed by atoms with van der Waals surface area (Å²) < 4.78 is 0. The normalized spacial score (nSPS) is 14.3. The van der Waals surface area contributed by atoms with Gasteiger partial charge in [0.25, 0.3) is 0 Å². The highest BCUT2D eigenvalue weighted by Crippen LogP contribution is 2.05. The Hall–Kier alpha value is -3.12. The number of carbonyl (C=O) groups is 5. The first-order chi connectivity index (χ1) is 15.5. The van der Waals surface area contributed by atoms with Gasteiger partial charge >= 0.3 is 5.97 Å². The van der Waals surface area contributed by atoms with Crippen LogP contribution in [0, 0.1) is 0 Å². The Kier molecular flexibility index (Phi) is 11.9. The maximum atomic E-state index is 12.7. The standard InChI is InChI=1S/C21H31N5O6S/c1-12(24-19(29)14(22)8-9-33-2)18(28)25-15(11-17(23)27)20(30)26-16(21(31)32)10-13-6-4-3-5-7-13/h3-7,12,14-16H,8-11,22H2,1-2H3,(H2,23,27)(H,24,29)(H,25,28)(H,26,30)(H,31,32). The van der Waals surface area contributed by atoms with Crippen LogP contribution in [0.4, 0.5) is 0 Å². The van der Waals surface area contributed by atoms with Gasteiger partial charge in [0.05, 0.1) is 12.5 Å². The summed E-state index contributed by atoms with van der Waals surface area (Å²) in [6.45, 7) is 1.39. The average Bonchev–Trinajstić information content (AvgIpc) is 2.76. The number of aliphatic carboxylic acids is 1. The topological polar surface area (TPSA) is 194 Å². The molecule has 8 N–H and O–H groups in total. The largest absolute Gasteiger partial charge is 0.480 e. The molecule has 1 rings (SSSR count). The van der Waals surface area contributed by atoms with Crippen LogP contribution in [0.2, 0.25) is 0 Å². The minimum Gasteiger partial charge on any atom is -0.480 e. The second-order valence-corrected chi connectivity index (χ2v) is 8.42. The Labute approximate surface area is 196 Å². The van der Waals surface area contributed by atoms with E-state index in [-0.39, 0.29) is 6.42 Å². The van der Waals surface area contributed by atoms with E-state index in [0.29, 0.717) is 17.7 Å². The van der Waals surface area contributed by atoms with Crippen molar-refractivity contribution in [3.63, 3.8) is 0 Å². The first-order valence-electron chi connectivity index (χ1n) is 10.3. The number of amides is 4. The number of rotatable bonds is 14. The van der Waals surface area contributed by atoms with Crippen LogP contribution in [0.25, 0.3) is 0 Å². The Morgan fingerprint density at radius 2 is 1.58 bits per heavy atom. The molecule has 0 fully saturated rings. The number of carboxylic acid groups (broad SMARTS) is 1. The molecule has 0 aliphatic carbocycles. The number of hydrogen-bond donors (Lipinski definition) is 6. The molecule has 1 aromatic carbocycles. The number of primary amides is 1. The fourth-order valence-corrected chi connectivity index (χ4v) is 3.28. The average molecular weight is 482 g/mol. The number of hydrogen-bond acceptors (Lipinski definition) is 7. The highest BCUT2D eigenvalue weighted by atomic mass is 32.2. The van der Waals surface area contributed by atoms with E-state index < -0.39 is 60.2 Å². The van der Waals surface area contributed by atoms with E-state index in [9.17, 15) is 29.1 Å². The van der Waals surface area contributed by atoms with E-state index in [2.05, 4.69) is 16.0 Å². The second kappa shape index (κ2) is 14.1. The van der Waals surface area contributed by atoms with Crippen molar-refractivity contribution in [1.82, 2.24) is 16.0 Å². The Morgan fingerprint density at radius 3 is 2.12 bits per heavy atom. The van der Waals surface area contributed by atoms with E-state index in [4.69, 9.17) is 11.5 Å². The quantitative estimate of drug-likeness (QED) is 0.189. The molecule has 0 radical (unpaired) electrons. The van der Waals surface area contributed by atoms with Crippen LogP contribution in [0.15, 0.2) is 30.3 Å². The molecule has 4 atom stereocenters. The van der Waals surface area contributed by atoms with Gasteiger partial charge in [0.1, 0.15) is 18.1 Å². The molecule has 182 valence electrons. The molecule has 33 heavy (non-hydrogen) atoms. The van der Waals surface area contributed by atoms with Gasteiger partial charge in [-0.25, -0.2) is 4.79 Å². The molecule has 1 aromatic rings. The first kappa shape index (κ1) is 27.9. The molecule has 4 unspecified atom stereocenters. The highest BCUT2D eigenvalue weighted by Gasteiger charge is 2.30. The number of carbonyl (C=O) groups excluding carboxylic acids is 4. The van der Waals surface area contributed by atoms with Crippen molar-refractivity contribution in [3.8, 4) is 0 Å². The van der Waals surface area contributed by atoms with Crippen LogP contribution in [-0.2, 0) is 30.4 Å². The monoisotopic (exact) mass is 481 g/mol. The van der Waals surface area contributed by atoms with Crippen LogP contribution in [0.3, 0.4) is 0 Å². The summed E-state index contributed by atoms with van der Waals surface area (Å²) in [6.07, 6.45) is 1.74. The molecular weight excluding hydrogens is 450 g/mol. The Morgan fingerprint density at radius 1 is 0.970 bits per heavy atom. The van der Waals surface area contributed by atoms with Crippen molar-refractivity contribution < 1.29 is 29.1 Å². The summed E-state index contributed by atoms with van der Waals surface area (Å²) >= 11 is 1.53. The van der Waals surface area contributed by atoms with Crippen LogP contribution in [0.1, 0.15) is 25.3 Å². The predicted molar refractivity (Wildman–Crippen MR) is 124 cm³/mol. The van der Waals surface area contributed by atoms with E-state index in [1.807, 2.05) is 6.26 Å². The first-order valence-corrected chi connectivity index (χ1v) is 11.6. The van der Waals surface area contributed by atoms with Gasteiger partial charge in [-0.05, 0) is 30.9 Å². The third-order valence-electron chi connectivity index (χ3n) is 4.66. The predicted octanol–water partition coefficient (Wildman–Crippen LogP) is -1.26. The van der Waals surface area contributed by atoms with Gasteiger partial charge < -0.3 is 32.5 Å². The van der Waals surface area contributed by atoms with Gasteiger partial charge in [0, 0.05) is 6.42 Å². The van der Waals surface area contributed by atoms with Gasteiger partial charge in [-0.1, -0.05) is 30.3 Å². The third-order valence-corrected chi connectivity index (χ3v) is 5.30. The summed E-state index contributed by atoms with van der Waals surface area (Å²) in [5, 5.41) is 16.6. The molecule has 0 spiro atoms. The molecule has 11 nitrogen and oxygen atoms in total. The van der Waals surface area contributed by atoms with Crippen molar-refractivity contribution in [1.29, 1.82) is 0 Å². The number of nitrogens with one attached hydrogen (secondary N) is 3. The van der Waals surface area contributed by atoms with Crippen molar-refractivity contribution >= 4 is 41.4 Å². The van der Waals surface area contributed by atoms with Crippen molar-refractivity contribution in [2.45, 2.75) is 50.4 Å². The maximum Gasteiger partial charge on any atom is 0.326 e. The number of nitrogens with two attached hydrogens (primary N) is 2. The molecule has 0 saturated heterocycles. The third kappa shape index (κ3) is 10.4. The lowest BCUT2D eigenvalue weighted by Crippen LogP contribution is -2.57. The van der Waals surface area contributed by atoms with Gasteiger partial charge in [0.15, 0.2) is 0 Å². The van der Waals surface area contributed by atoms with Crippen molar-refractivity contribution in [2.24, 2.45) is 11.5 Å². The number of carboxylic acids is 1. The van der Waals surface area contributed by atoms with Crippen LogP contribution < -0.4 is 27.4 Å². The minimum absolute atomic E-state index is 0.000451. The van der Waals surface area contributed by atoms with Gasteiger partial charge in [-0.2, -0.15) is 11.8 Å². The SMILES string of the molecule is CSCCC(N)C(=O)NC(C)C(=O)NC(CC(N)=O)C(=O)NC(Cc1ccccc1)C(=O)O. The molecule has 0 saturated carbocycles. The van der Waals surface area contributed by atoms with Gasteiger partial charge in [-0.15, -0.1) is 0 Å². The lowest BCUT2D eigenvalue weighted by atomic mass is 10.0. The molecular formula is C21H31N5O6S. The number of thioether (sulfide) groups is 1. The van der Waals surface area contributed by atoms with E-state index >= 15 is 0 Å². The fraction of sp³-hybridized carbons (Fsp3) is 0.476. The molecule has 0 aromatic heterocycles. The van der Waals surface area contributed by atoms with Gasteiger partial charge in [0.2, 0.25) is 23.6 Å². The smallest absolute Gasteiger partial charge is 0.326 e. The van der Waals surface area contributed by atoms with Crippen LogP contribution in [0.5, 0.6) is 0 Å². The summed E-state index contributed by atoms with van der Waals surface area (Å²) in [6, 6.07) is 4.08. The number of benzene rings is 1. The molecule has 0 heterocycles. The van der Waals surface area contributed by atoms with Crippen LogP contribution >= 0.6 is 11.8 Å². The maximum absolute atomic E-state index is 12.7. The fourth-order valence-electron chi connectivity index (χ4n) is 2.79. The van der Waals surface area contributed by atoms with Crippen LogP contribution in [-0.4, -0.2) is 70.9 Å². The molecule has 0 aliphatic heterocycles. The van der Waals surface area contributed by atoms with Crippen molar-refractivity contribution in [3.05, 3.63) is 35.9 Å². The summed E-state index contributed by atoms with van der Waals surface area (Å²) in [5.74, 6) is -3.66. The van der Waals surface area contributed by atoms with E-state index in [1.165, 1.54) is 18.7 Å². The minimum atomic E-state index is -1.42. The highest BCUT2D eigenvalue weighted by molar-refractivity contribution is 7.98. The van der Waals surface area contributed by atoms with Crippen molar-refractivity contribution in [2.75, 3.05) is 12.0 Å². The zero-order valence-corrected chi connectivity index (χ0v) is 19.4. The Bertz CT molecular complexity index is 838. The summed E-state index contributed by atoms with van der Waals surface area (Å²) in [7, 11) is 0. The lowest BCUT2D eigenvalue weighted by molar-refractivity contribution is -0.142. The summed E-state index contributed by atoms with van der Waals surface area (Å²) in [5.41, 5.74) is 11.6. The second-order valence-electron chi connectivity index (χ2n) is 7.44. The molecule has 0 aliphatic rings. The molecule has 12 heteroatoms. The van der Waals surface area contributed by atoms with E-state index in [1.54, 1.807) is 30.3 Å². The van der Waals surface area contributed by atoms with E-state index in [0.717, 1.165) is 0 Å². The zero-order chi connectivity index (χ0) is 25.0. The van der Waals surface area contributed by atoms with Gasteiger partial charge in [-0.3, -0.25) is 19.2 Å². The zero-order valence-electron chi connectivity index (χ0n) is 18.6.